The Morgan fingerprint density at radius 1 is 1.41 bits per heavy atom. The van der Waals surface area contributed by atoms with E-state index < -0.39 is 5.97 Å². The molecule has 0 aromatic heterocycles. The Balaban J connectivity index is 1.92. The van der Waals surface area contributed by atoms with Crippen LogP contribution in [0.25, 0.3) is 0 Å². The van der Waals surface area contributed by atoms with Gasteiger partial charge in [0.05, 0.1) is 12.0 Å². The van der Waals surface area contributed by atoms with E-state index in [1.807, 2.05) is 12.1 Å². The second kappa shape index (κ2) is 3.74. The Morgan fingerprint density at radius 3 is 2.82 bits per heavy atom. The van der Waals surface area contributed by atoms with Gasteiger partial charge in [-0.3, -0.25) is 4.79 Å². The van der Waals surface area contributed by atoms with Crippen LogP contribution >= 0.6 is 0 Å². The van der Waals surface area contributed by atoms with Gasteiger partial charge < -0.3 is 15.3 Å². The number of hydrogen-bond acceptors (Lipinski definition) is 3. The molecule has 0 aliphatic carbocycles. The van der Waals surface area contributed by atoms with Crippen LogP contribution in [0.2, 0.25) is 0 Å². The molecule has 1 aromatic carbocycles. The Morgan fingerprint density at radius 2 is 2.18 bits per heavy atom. The van der Waals surface area contributed by atoms with Crippen molar-refractivity contribution in [2.24, 2.45) is 0 Å². The van der Waals surface area contributed by atoms with Gasteiger partial charge in [0.25, 0.3) is 0 Å². The molecule has 2 heterocycles. The predicted octanol–water partition coefficient (Wildman–Crippen LogP) is 0.866. The number of nitrogens with zero attached hydrogens (tertiary/aromatic N) is 1. The molecule has 4 nitrogen and oxygen atoms in total. The van der Waals surface area contributed by atoms with E-state index in [4.69, 9.17) is 5.11 Å². The maximum atomic E-state index is 11.0. The summed E-state index contributed by atoms with van der Waals surface area (Å²) in [6, 6.07) is 8.31. The van der Waals surface area contributed by atoms with Crippen molar-refractivity contribution >= 4 is 11.7 Å². The number of para-hydroxylation sites is 1. The van der Waals surface area contributed by atoms with Gasteiger partial charge in [0, 0.05) is 25.3 Å². The number of hydrogen-bond donors (Lipinski definition) is 2. The molecule has 3 rings (SSSR count). The van der Waals surface area contributed by atoms with Crippen LogP contribution in [0.15, 0.2) is 24.3 Å². The Hall–Kier alpha value is -1.55. The van der Waals surface area contributed by atoms with E-state index in [1.165, 1.54) is 11.3 Å². The Kier molecular flexibility index (Phi) is 2.33. The summed E-state index contributed by atoms with van der Waals surface area (Å²) in [6.07, 6.45) is 1.24. The van der Waals surface area contributed by atoms with Gasteiger partial charge >= 0.3 is 5.97 Å². The van der Waals surface area contributed by atoms with Crippen molar-refractivity contribution in [3.05, 3.63) is 29.8 Å². The van der Waals surface area contributed by atoms with Crippen LogP contribution in [-0.4, -0.2) is 36.2 Å². The topological polar surface area (TPSA) is 52.6 Å². The van der Waals surface area contributed by atoms with E-state index in [2.05, 4.69) is 22.3 Å². The third-order valence-corrected chi connectivity index (χ3v) is 3.85. The number of aliphatic carboxylic acids is 1. The minimum Gasteiger partial charge on any atom is -0.481 e. The lowest BCUT2D eigenvalue weighted by molar-refractivity contribution is -0.138. The van der Waals surface area contributed by atoms with Crippen LogP contribution in [-0.2, 0) is 11.2 Å². The third kappa shape index (κ3) is 1.60. The number of benzene rings is 1. The summed E-state index contributed by atoms with van der Waals surface area (Å²) in [4.78, 5) is 13.3. The average molecular weight is 232 g/mol. The third-order valence-electron chi connectivity index (χ3n) is 3.85. The molecule has 90 valence electrons. The van der Waals surface area contributed by atoms with Crippen LogP contribution in [0.1, 0.15) is 12.0 Å². The normalized spacial score (nSPS) is 20.8. The van der Waals surface area contributed by atoms with Crippen LogP contribution in [0.3, 0.4) is 0 Å². The summed E-state index contributed by atoms with van der Waals surface area (Å²) in [7, 11) is 0. The molecule has 2 N–H and O–H groups in total. The van der Waals surface area contributed by atoms with Gasteiger partial charge in [0.15, 0.2) is 0 Å². The Bertz CT molecular complexity index is 454. The highest BCUT2D eigenvalue weighted by molar-refractivity contribution is 5.72. The zero-order chi connectivity index (χ0) is 11.9. The van der Waals surface area contributed by atoms with Gasteiger partial charge in [-0.1, -0.05) is 18.2 Å². The minimum atomic E-state index is -0.712. The van der Waals surface area contributed by atoms with Crippen LogP contribution in [0.5, 0.6) is 0 Å². The largest absolute Gasteiger partial charge is 0.481 e. The zero-order valence-electron chi connectivity index (χ0n) is 9.65. The highest BCUT2D eigenvalue weighted by Gasteiger charge is 2.46. The fourth-order valence-electron chi connectivity index (χ4n) is 2.94. The van der Waals surface area contributed by atoms with E-state index in [9.17, 15) is 4.79 Å². The smallest absolute Gasteiger partial charge is 0.305 e. The number of anilines is 1. The fourth-order valence-corrected chi connectivity index (χ4v) is 2.94. The highest BCUT2D eigenvalue weighted by atomic mass is 16.4. The summed E-state index contributed by atoms with van der Waals surface area (Å²) in [5.41, 5.74) is 2.35. The number of carboxylic acid groups (broad SMARTS) is 1. The van der Waals surface area contributed by atoms with Crippen molar-refractivity contribution in [3.63, 3.8) is 0 Å². The molecule has 1 saturated heterocycles. The van der Waals surface area contributed by atoms with Crippen molar-refractivity contribution in [1.82, 2.24) is 5.32 Å². The second-order valence-corrected chi connectivity index (χ2v) is 4.93. The van der Waals surface area contributed by atoms with Crippen LogP contribution < -0.4 is 10.2 Å². The van der Waals surface area contributed by atoms with E-state index in [0.29, 0.717) is 0 Å². The monoisotopic (exact) mass is 232 g/mol. The highest BCUT2D eigenvalue weighted by Crippen LogP contribution is 2.37. The molecular weight excluding hydrogens is 216 g/mol. The summed E-state index contributed by atoms with van der Waals surface area (Å²) in [5.74, 6) is -0.712. The van der Waals surface area contributed by atoms with Crippen molar-refractivity contribution < 1.29 is 9.90 Å². The van der Waals surface area contributed by atoms with Gasteiger partial charge in [0.1, 0.15) is 0 Å². The summed E-state index contributed by atoms with van der Waals surface area (Å²) >= 11 is 0. The molecule has 2 aliphatic heterocycles. The van der Waals surface area contributed by atoms with Crippen molar-refractivity contribution in [1.29, 1.82) is 0 Å². The average Bonchev–Trinajstić information content (AvgIpc) is 2.67. The molecule has 0 unspecified atom stereocenters. The molecule has 4 heteroatoms. The molecule has 1 aromatic rings. The fraction of sp³-hybridized carbons (Fsp3) is 0.462. The van der Waals surface area contributed by atoms with E-state index in [0.717, 1.165) is 26.1 Å². The molecule has 0 amide bonds. The molecule has 0 spiro atoms. The summed E-state index contributed by atoms with van der Waals surface area (Å²) in [6.45, 7) is 2.48. The second-order valence-electron chi connectivity index (χ2n) is 4.93. The van der Waals surface area contributed by atoms with Crippen LogP contribution in [0, 0.1) is 0 Å². The molecule has 1 fully saturated rings. The maximum Gasteiger partial charge on any atom is 0.305 e. The molecule has 0 radical (unpaired) electrons. The van der Waals surface area contributed by atoms with Crippen LogP contribution in [0.4, 0.5) is 5.69 Å². The lowest BCUT2D eigenvalue weighted by atomic mass is 9.86. The first-order valence-electron chi connectivity index (χ1n) is 5.99. The maximum absolute atomic E-state index is 11.0. The molecule has 17 heavy (non-hydrogen) atoms. The quantitative estimate of drug-likeness (QED) is 0.812. The van der Waals surface area contributed by atoms with Gasteiger partial charge in [-0.05, 0) is 18.1 Å². The molecule has 2 aliphatic rings. The number of carboxylic acids is 1. The summed E-state index contributed by atoms with van der Waals surface area (Å²) < 4.78 is 0. The molecular formula is C13H16N2O2. The standard InChI is InChI=1S/C13H16N2O2/c16-12(17)7-13(8-14-9-13)15-6-5-10-3-1-2-4-11(10)15/h1-4,14H,5-9H2,(H,16,17). The lowest BCUT2D eigenvalue weighted by Gasteiger charge is -2.49. The SMILES string of the molecule is O=C(O)CC1(N2CCc3ccccc32)CNC1. The molecule has 0 bridgehead atoms. The van der Waals surface area contributed by atoms with Gasteiger partial charge in [-0.15, -0.1) is 0 Å². The first-order valence-corrected chi connectivity index (χ1v) is 5.99. The van der Waals surface area contributed by atoms with E-state index in [-0.39, 0.29) is 12.0 Å². The van der Waals surface area contributed by atoms with Crippen molar-refractivity contribution in [2.45, 2.75) is 18.4 Å². The Labute approximate surface area is 100 Å². The van der Waals surface area contributed by atoms with E-state index >= 15 is 0 Å². The van der Waals surface area contributed by atoms with Gasteiger partial charge in [-0.25, -0.2) is 0 Å². The first kappa shape index (κ1) is 10.6. The number of carbonyl (C=O) groups is 1. The minimum absolute atomic E-state index is 0.210. The first-order chi connectivity index (χ1) is 8.21. The van der Waals surface area contributed by atoms with Gasteiger partial charge in [0.2, 0.25) is 0 Å². The van der Waals surface area contributed by atoms with E-state index in [1.54, 1.807) is 0 Å². The lowest BCUT2D eigenvalue weighted by Crippen LogP contribution is -2.69. The molecule has 0 saturated carbocycles. The number of fused-ring (bicyclic) bond motifs is 1. The summed E-state index contributed by atoms with van der Waals surface area (Å²) in [5, 5.41) is 12.3. The zero-order valence-corrected chi connectivity index (χ0v) is 9.65. The molecule has 0 atom stereocenters. The number of rotatable bonds is 3. The van der Waals surface area contributed by atoms with Crippen molar-refractivity contribution in [3.8, 4) is 0 Å². The van der Waals surface area contributed by atoms with Crippen molar-refractivity contribution in [2.75, 3.05) is 24.5 Å². The number of nitrogens with one attached hydrogen (secondary N) is 1. The van der Waals surface area contributed by atoms with Gasteiger partial charge in [-0.2, -0.15) is 0 Å². The predicted molar refractivity (Wildman–Crippen MR) is 65.3 cm³/mol.